The second kappa shape index (κ2) is 9.59. The van der Waals surface area contributed by atoms with Crippen molar-refractivity contribution in [2.24, 2.45) is 0 Å². The van der Waals surface area contributed by atoms with Gasteiger partial charge in [-0.3, -0.25) is 4.79 Å². The average Bonchev–Trinajstić information content (AvgIpc) is 2.70. The fraction of sp³-hybridized carbons (Fsp3) is 0.208. The van der Waals surface area contributed by atoms with E-state index in [-0.39, 0.29) is 17.4 Å². The molecule has 0 aromatic heterocycles. The van der Waals surface area contributed by atoms with Gasteiger partial charge in [0.2, 0.25) is 0 Å². The zero-order valence-electron chi connectivity index (χ0n) is 17.1. The molecule has 0 radical (unpaired) electrons. The van der Waals surface area contributed by atoms with E-state index in [0.29, 0.717) is 23.4 Å². The molecule has 1 N–H and O–H groups in total. The highest BCUT2D eigenvalue weighted by atomic mass is 32.2. The minimum absolute atomic E-state index is 0.0180. The number of amides is 1. The van der Waals surface area contributed by atoms with Crippen molar-refractivity contribution in [3.05, 3.63) is 95.1 Å². The molecule has 0 aliphatic carbocycles. The summed E-state index contributed by atoms with van der Waals surface area (Å²) in [5.74, 6) is 0.383. The Morgan fingerprint density at radius 3 is 2.30 bits per heavy atom. The predicted molar refractivity (Wildman–Crippen MR) is 120 cm³/mol. The summed E-state index contributed by atoms with van der Waals surface area (Å²) in [5.41, 5.74) is 3.33. The number of carbonyl (C=O) groups is 1. The van der Waals surface area contributed by atoms with Crippen LogP contribution in [0.5, 0.6) is 5.75 Å². The molecule has 0 saturated carbocycles. The third kappa shape index (κ3) is 5.94. The van der Waals surface area contributed by atoms with Crippen LogP contribution in [0.4, 0.5) is 5.69 Å². The number of carbonyl (C=O) groups excluding carboxylic acids is 1. The lowest BCUT2D eigenvalue weighted by atomic mass is 10.1. The Morgan fingerprint density at radius 2 is 1.60 bits per heavy atom. The van der Waals surface area contributed by atoms with E-state index in [1.54, 1.807) is 54.6 Å². The van der Waals surface area contributed by atoms with Crippen LogP contribution < -0.4 is 10.1 Å². The lowest BCUT2D eigenvalue weighted by molar-refractivity contribution is 0.102. The van der Waals surface area contributed by atoms with Gasteiger partial charge in [-0.1, -0.05) is 42.5 Å². The number of sulfone groups is 1. The number of hydrogen-bond acceptors (Lipinski definition) is 4. The van der Waals surface area contributed by atoms with E-state index < -0.39 is 9.84 Å². The van der Waals surface area contributed by atoms with Crippen molar-refractivity contribution in [2.45, 2.75) is 25.4 Å². The highest BCUT2D eigenvalue weighted by Gasteiger charge is 2.14. The third-order valence-corrected chi connectivity index (χ3v) is 6.08. The third-order valence-electron chi connectivity index (χ3n) is 4.54. The summed E-state index contributed by atoms with van der Waals surface area (Å²) in [4.78, 5) is 12.6. The second-order valence-corrected chi connectivity index (χ2v) is 9.15. The molecule has 1 amide bonds. The van der Waals surface area contributed by atoms with Gasteiger partial charge in [0.25, 0.3) is 5.91 Å². The molecule has 0 saturated heterocycles. The quantitative estimate of drug-likeness (QED) is 0.567. The van der Waals surface area contributed by atoms with Crippen molar-refractivity contribution >= 4 is 21.4 Å². The van der Waals surface area contributed by atoms with Crippen molar-refractivity contribution in [2.75, 3.05) is 11.9 Å². The van der Waals surface area contributed by atoms with Crippen molar-refractivity contribution < 1.29 is 17.9 Å². The molecule has 3 aromatic rings. The first kappa shape index (κ1) is 21.6. The molecule has 5 nitrogen and oxygen atoms in total. The smallest absolute Gasteiger partial charge is 0.255 e. The zero-order chi connectivity index (χ0) is 21.6. The van der Waals surface area contributed by atoms with Crippen molar-refractivity contribution in [1.82, 2.24) is 0 Å². The van der Waals surface area contributed by atoms with Gasteiger partial charge in [0.15, 0.2) is 9.84 Å². The van der Waals surface area contributed by atoms with Crippen LogP contribution in [0.3, 0.4) is 0 Å². The fourth-order valence-electron chi connectivity index (χ4n) is 3.18. The van der Waals surface area contributed by atoms with E-state index in [0.717, 1.165) is 16.9 Å². The Hall–Kier alpha value is -3.12. The topological polar surface area (TPSA) is 72.5 Å². The molecule has 0 fully saturated rings. The molecule has 0 unspecified atom stereocenters. The van der Waals surface area contributed by atoms with Gasteiger partial charge < -0.3 is 10.1 Å². The molecule has 0 aliphatic heterocycles. The van der Waals surface area contributed by atoms with Gasteiger partial charge in [0.1, 0.15) is 5.75 Å². The Bertz CT molecular complexity index is 1120. The van der Waals surface area contributed by atoms with Crippen LogP contribution in [0.15, 0.2) is 72.8 Å². The normalized spacial score (nSPS) is 11.1. The summed E-state index contributed by atoms with van der Waals surface area (Å²) in [6.45, 7) is 4.36. The Balaban J connectivity index is 1.69. The molecule has 0 heterocycles. The lowest BCUT2D eigenvalue weighted by Gasteiger charge is -2.11. The van der Waals surface area contributed by atoms with Crippen LogP contribution in [0.2, 0.25) is 0 Å². The molecular weight excluding hydrogens is 398 g/mol. The Morgan fingerprint density at radius 1 is 0.900 bits per heavy atom. The Kier molecular flexibility index (Phi) is 6.90. The first-order valence-corrected chi connectivity index (χ1v) is 11.6. The molecule has 0 atom stereocenters. The van der Waals surface area contributed by atoms with E-state index in [1.165, 1.54) is 0 Å². The van der Waals surface area contributed by atoms with E-state index in [2.05, 4.69) is 5.32 Å². The average molecular weight is 424 g/mol. The number of aryl methyl sites for hydroxylation is 1. The molecule has 3 rings (SSSR count). The predicted octanol–water partition coefficient (Wildman–Crippen LogP) is 4.76. The molecule has 3 aromatic carbocycles. The first-order valence-electron chi connectivity index (χ1n) is 9.74. The lowest BCUT2D eigenvalue weighted by Crippen LogP contribution is -2.13. The number of anilines is 1. The van der Waals surface area contributed by atoms with Gasteiger partial charge in [-0.05, 0) is 60.9 Å². The minimum Gasteiger partial charge on any atom is -0.494 e. The highest BCUT2D eigenvalue weighted by Crippen LogP contribution is 2.21. The van der Waals surface area contributed by atoms with Crippen LogP contribution in [0.25, 0.3) is 0 Å². The minimum atomic E-state index is -3.33. The van der Waals surface area contributed by atoms with Gasteiger partial charge in [-0.25, -0.2) is 8.42 Å². The summed E-state index contributed by atoms with van der Waals surface area (Å²) in [6.07, 6.45) is 0. The maximum Gasteiger partial charge on any atom is 0.255 e. The van der Waals surface area contributed by atoms with Crippen LogP contribution in [0.1, 0.15) is 34.0 Å². The molecule has 30 heavy (non-hydrogen) atoms. The number of nitrogens with one attached hydrogen (secondary N) is 1. The molecule has 6 heteroatoms. The summed E-state index contributed by atoms with van der Waals surface area (Å²) in [7, 11) is -3.33. The van der Waals surface area contributed by atoms with Crippen LogP contribution in [-0.4, -0.2) is 20.9 Å². The van der Waals surface area contributed by atoms with Gasteiger partial charge in [-0.2, -0.15) is 0 Å². The molecular formula is C24H25NO4S. The number of benzene rings is 3. The fourth-order valence-corrected chi connectivity index (χ4v) is 4.67. The van der Waals surface area contributed by atoms with E-state index in [9.17, 15) is 13.2 Å². The summed E-state index contributed by atoms with van der Waals surface area (Å²) in [5, 5.41) is 2.84. The molecule has 0 aliphatic rings. The van der Waals surface area contributed by atoms with E-state index in [4.69, 9.17) is 4.74 Å². The van der Waals surface area contributed by atoms with Crippen LogP contribution >= 0.6 is 0 Å². The molecule has 0 bridgehead atoms. The summed E-state index contributed by atoms with van der Waals surface area (Å²) < 4.78 is 30.6. The standard InChI is InChI=1S/C24H25NO4S/c1-3-29-23-13-12-21(14-18(23)2)24(26)25-22-11-7-10-20(15-22)17-30(27,28)16-19-8-5-4-6-9-19/h4-15H,3,16-17H2,1-2H3,(H,25,26). The van der Waals surface area contributed by atoms with E-state index in [1.807, 2.05) is 32.0 Å². The summed E-state index contributed by atoms with van der Waals surface area (Å²) in [6, 6.07) is 21.3. The number of hydrogen-bond donors (Lipinski definition) is 1. The van der Waals surface area contributed by atoms with Gasteiger partial charge in [0.05, 0.1) is 18.1 Å². The Labute approximate surface area is 177 Å². The van der Waals surface area contributed by atoms with E-state index >= 15 is 0 Å². The maximum absolute atomic E-state index is 12.6. The summed E-state index contributed by atoms with van der Waals surface area (Å²) >= 11 is 0. The van der Waals surface area contributed by atoms with Crippen LogP contribution in [0, 0.1) is 6.92 Å². The number of ether oxygens (including phenoxy) is 1. The maximum atomic E-state index is 12.6. The largest absolute Gasteiger partial charge is 0.494 e. The number of rotatable bonds is 8. The SMILES string of the molecule is CCOc1ccc(C(=O)Nc2cccc(CS(=O)(=O)Cc3ccccc3)c2)cc1C. The van der Waals surface area contributed by atoms with Crippen molar-refractivity contribution in [3.63, 3.8) is 0 Å². The highest BCUT2D eigenvalue weighted by molar-refractivity contribution is 7.89. The zero-order valence-corrected chi connectivity index (χ0v) is 17.9. The molecule has 0 spiro atoms. The van der Waals surface area contributed by atoms with Crippen LogP contribution in [-0.2, 0) is 21.3 Å². The van der Waals surface area contributed by atoms with Crippen molar-refractivity contribution in [1.29, 1.82) is 0 Å². The molecule has 156 valence electrons. The van der Waals surface area contributed by atoms with Gasteiger partial charge in [-0.15, -0.1) is 0 Å². The van der Waals surface area contributed by atoms with Crippen molar-refractivity contribution in [3.8, 4) is 5.75 Å². The van der Waals surface area contributed by atoms with Gasteiger partial charge >= 0.3 is 0 Å². The second-order valence-electron chi connectivity index (χ2n) is 7.09. The monoisotopic (exact) mass is 423 g/mol. The van der Waals surface area contributed by atoms with Gasteiger partial charge in [0, 0.05) is 11.3 Å². The first-order chi connectivity index (χ1) is 14.4.